The fraction of sp³-hybridized carbons (Fsp3) is 0.375. The number of fused-ring (bicyclic) bond motifs is 1. The molecule has 1 atom stereocenters. The van der Waals surface area contributed by atoms with Crippen molar-refractivity contribution in [3.8, 4) is 0 Å². The minimum absolute atomic E-state index is 0.0816. The summed E-state index contributed by atoms with van der Waals surface area (Å²) >= 11 is 0. The molecule has 2 aromatic rings. The summed E-state index contributed by atoms with van der Waals surface area (Å²) in [5, 5.41) is 2.73. The molecule has 1 aromatic heterocycles. The Hall–Kier alpha value is -2.51. The van der Waals surface area contributed by atoms with Crippen molar-refractivity contribution in [2.75, 3.05) is 7.11 Å². The number of amides is 1. The minimum Gasteiger partial charge on any atom is -0.469 e. The molecule has 0 unspecified atom stereocenters. The van der Waals surface area contributed by atoms with E-state index in [4.69, 9.17) is 0 Å². The number of carbonyl (C=O) groups is 2. The number of rotatable bonds is 5. The van der Waals surface area contributed by atoms with Crippen LogP contribution in [0.2, 0.25) is 0 Å². The van der Waals surface area contributed by atoms with Crippen LogP contribution in [0, 0.1) is 0 Å². The van der Waals surface area contributed by atoms with Crippen LogP contribution in [0.5, 0.6) is 0 Å². The lowest BCUT2D eigenvalue weighted by molar-refractivity contribution is -0.174. The summed E-state index contributed by atoms with van der Waals surface area (Å²) in [6, 6.07) is 6.37. The van der Waals surface area contributed by atoms with Gasteiger partial charge in [-0.05, 0) is 18.1 Å². The van der Waals surface area contributed by atoms with Gasteiger partial charge in [0, 0.05) is 30.2 Å². The molecule has 0 fully saturated rings. The average molecular weight is 342 g/mol. The number of benzene rings is 1. The number of methoxy groups -OCH3 is 1. The number of aromatic nitrogens is 1. The smallest absolute Gasteiger partial charge is 0.469 e. The van der Waals surface area contributed by atoms with Crippen molar-refractivity contribution in [2.45, 2.75) is 25.1 Å². The molecule has 0 saturated heterocycles. The summed E-state index contributed by atoms with van der Waals surface area (Å²) in [6.07, 6.45) is -3.50. The zero-order valence-corrected chi connectivity index (χ0v) is 13.2. The Morgan fingerprint density at radius 3 is 2.58 bits per heavy atom. The van der Waals surface area contributed by atoms with E-state index in [1.54, 1.807) is 6.20 Å². The van der Waals surface area contributed by atoms with Crippen LogP contribution in [0.4, 0.5) is 13.2 Å². The number of esters is 1. The normalized spacial score (nSPS) is 12.9. The molecule has 0 spiro atoms. The van der Waals surface area contributed by atoms with Gasteiger partial charge in [-0.3, -0.25) is 9.59 Å². The Bertz CT molecular complexity index is 753. The largest absolute Gasteiger partial charge is 0.471 e. The van der Waals surface area contributed by atoms with E-state index < -0.39 is 24.1 Å². The van der Waals surface area contributed by atoms with Crippen LogP contribution >= 0.6 is 0 Å². The molecule has 0 aliphatic heterocycles. The summed E-state index contributed by atoms with van der Waals surface area (Å²) in [5.74, 6) is -2.76. The van der Waals surface area contributed by atoms with Crippen LogP contribution in [-0.4, -0.2) is 35.8 Å². The van der Waals surface area contributed by atoms with Gasteiger partial charge in [0.25, 0.3) is 0 Å². The third kappa shape index (κ3) is 4.06. The molecule has 0 saturated carbocycles. The fourth-order valence-electron chi connectivity index (χ4n) is 2.58. The molecule has 130 valence electrons. The van der Waals surface area contributed by atoms with Crippen molar-refractivity contribution < 1.29 is 27.5 Å². The van der Waals surface area contributed by atoms with Crippen LogP contribution in [0.1, 0.15) is 12.0 Å². The highest BCUT2D eigenvalue weighted by Crippen LogP contribution is 2.23. The average Bonchev–Trinajstić information content (AvgIpc) is 2.83. The Morgan fingerprint density at radius 2 is 1.96 bits per heavy atom. The molecule has 0 aliphatic carbocycles. The number of halogens is 3. The standard InChI is InChI=1S/C16H17F3N2O3/c1-21-9-10(12-5-3-4-6-13(12)21)7-11(8-14(22)24-2)20-15(23)16(17,18)19/h3-6,9,11H,7-8H2,1-2H3,(H,20,23)/t11-/m1/s1. The SMILES string of the molecule is COC(=O)C[C@@H](Cc1cn(C)c2ccccc12)NC(=O)C(F)(F)F. The van der Waals surface area contributed by atoms with E-state index in [2.05, 4.69) is 4.74 Å². The van der Waals surface area contributed by atoms with Gasteiger partial charge in [0.1, 0.15) is 0 Å². The third-order valence-corrected chi connectivity index (χ3v) is 3.68. The lowest BCUT2D eigenvalue weighted by atomic mass is 10.0. The van der Waals surface area contributed by atoms with E-state index in [-0.39, 0.29) is 12.8 Å². The molecular formula is C16H17F3N2O3. The number of alkyl halides is 3. The molecule has 1 amide bonds. The second-order valence-electron chi connectivity index (χ2n) is 5.43. The predicted octanol–water partition coefficient (Wildman–Crippen LogP) is 2.33. The van der Waals surface area contributed by atoms with Gasteiger partial charge >= 0.3 is 18.1 Å². The Labute approximate surface area is 136 Å². The molecule has 2 rings (SSSR count). The summed E-state index contributed by atoms with van der Waals surface area (Å²) in [5.41, 5.74) is 1.65. The molecule has 1 heterocycles. The van der Waals surface area contributed by atoms with E-state index in [0.717, 1.165) is 23.6 Å². The number of hydrogen-bond donors (Lipinski definition) is 1. The lowest BCUT2D eigenvalue weighted by Gasteiger charge is -2.18. The van der Waals surface area contributed by atoms with Gasteiger partial charge in [-0.1, -0.05) is 18.2 Å². The van der Waals surface area contributed by atoms with Gasteiger partial charge < -0.3 is 14.6 Å². The first-order valence-corrected chi connectivity index (χ1v) is 7.19. The van der Waals surface area contributed by atoms with Crippen LogP contribution in [-0.2, 0) is 27.8 Å². The Morgan fingerprint density at radius 1 is 1.29 bits per heavy atom. The number of para-hydroxylation sites is 1. The highest BCUT2D eigenvalue weighted by molar-refractivity contribution is 5.85. The minimum atomic E-state index is -5.01. The van der Waals surface area contributed by atoms with Gasteiger partial charge in [0.15, 0.2) is 0 Å². The van der Waals surface area contributed by atoms with Crippen LogP contribution in [0.3, 0.4) is 0 Å². The fourth-order valence-corrected chi connectivity index (χ4v) is 2.58. The van der Waals surface area contributed by atoms with Gasteiger partial charge in [-0.15, -0.1) is 0 Å². The van der Waals surface area contributed by atoms with E-state index in [9.17, 15) is 22.8 Å². The molecule has 0 radical (unpaired) electrons. The summed E-state index contributed by atoms with van der Waals surface area (Å²) < 4.78 is 43.8. The first kappa shape index (κ1) is 17.8. The van der Waals surface area contributed by atoms with E-state index in [1.165, 1.54) is 0 Å². The zero-order chi connectivity index (χ0) is 17.9. The first-order chi connectivity index (χ1) is 11.2. The Kier molecular flexibility index (Phi) is 5.16. The van der Waals surface area contributed by atoms with E-state index >= 15 is 0 Å². The lowest BCUT2D eigenvalue weighted by Crippen LogP contribution is -2.45. The first-order valence-electron chi connectivity index (χ1n) is 7.19. The van der Waals surface area contributed by atoms with Crippen molar-refractivity contribution in [1.29, 1.82) is 0 Å². The molecule has 1 aromatic carbocycles. The molecule has 8 heteroatoms. The van der Waals surface area contributed by atoms with Gasteiger partial charge in [0.2, 0.25) is 0 Å². The van der Waals surface area contributed by atoms with Crippen molar-refractivity contribution in [1.82, 2.24) is 9.88 Å². The molecule has 24 heavy (non-hydrogen) atoms. The molecule has 5 nitrogen and oxygen atoms in total. The van der Waals surface area contributed by atoms with Crippen molar-refractivity contribution in [3.63, 3.8) is 0 Å². The van der Waals surface area contributed by atoms with Gasteiger partial charge in [0.05, 0.1) is 13.5 Å². The topological polar surface area (TPSA) is 60.3 Å². The van der Waals surface area contributed by atoms with Crippen molar-refractivity contribution in [3.05, 3.63) is 36.0 Å². The van der Waals surface area contributed by atoms with E-state index in [0.29, 0.717) is 0 Å². The quantitative estimate of drug-likeness (QED) is 0.849. The van der Waals surface area contributed by atoms with Crippen LogP contribution in [0.25, 0.3) is 10.9 Å². The predicted molar refractivity (Wildman–Crippen MR) is 81.2 cm³/mol. The van der Waals surface area contributed by atoms with Gasteiger partial charge in [-0.25, -0.2) is 0 Å². The Balaban J connectivity index is 2.26. The molecule has 1 N–H and O–H groups in total. The molecule has 0 bridgehead atoms. The number of ether oxygens (including phenoxy) is 1. The highest BCUT2D eigenvalue weighted by Gasteiger charge is 2.40. The summed E-state index contributed by atoms with van der Waals surface area (Å²) in [7, 11) is 2.96. The maximum Gasteiger partial charge on any atom is 0.471 e. The number of aryl methyl sites for hydroxylation is 1. The number of nitrogens with zero attached hydrogens (tertiary/aromatic N) is 1. The highest BCUT2D eigenvalue weighted by atomic mass is 19.4. The zero-order valence-electron chi connectivity index (χ0n) is 13.2. The van der Waals surface area contributed by atoms with Crippen molar-refractivity contribution in [2.24, 2.45) is 7.05 Å². The van der Waals surface area contributed by atoms with Crippen molar-refractivity contribution >= 4 is 22.8 Å². The molecular weight excluding hydrogens is 325 g/mol. The second-order valence-corrected chi connectivity index (χ2v) is 5.43. The number of hydrogen-bond acceptors (Lipinski definition) is 3. The van der Waals surface area contributed by atoms with Crippen LogP contribution < -0.4 is 5.32 Å². The van der Waals surface area contributed by atoms with E-state index in [1.807, 2.05) is 41.2 Å². The second kappa shape index (κ2) is 6.94. The van der Waals surface area contributed by atoms with Crippen LogP contribution in [0.15, 0.2) is 30.5 Å². The molecule has 0 aliphatic rings. The summed E-state index contributed by atoms with van der Waals surface area (Å²) in [6.45, 7) is 0. The summed E-state index contributed by atoms with van der Waals surface area (Å²) in [4.78, 5) is 22.7. The monoisotopic (exact) mass is 342 g/mol. The number of carbonyl (C=O) groups excluding carboxylic acids is 2. The van der Waals surface area contributed by atoms with Gasteiger partial charge in [-0.2, -0.15) is 13.2 Å². The maximum absolute atomic E-state index is 12.5. The third-order valence-electron chi connectivity index (χ3n) is 3.68. The number of nitrogens with one attached hydrogen (secondary N) is 1. The maximum atomic E-state index is 12.5.